The SMILES string of the molecule is NCCOCCOCCOCCOC1c2c(O)cc(O)cc2OC(c2cc(O)c(O)c(O)c2)C1OC(=O)c1cc(O)c(O)c(F)c1. The molecule has 0 saturated carbocycles. The van der Waals surface area contributed by atoms with Crippen LogP contribution >= 0.6 is 0 Å². The molecule has 0 radical (unpaired) electrons. The average Bonchev–Trinajstić information content (AvgIpc) is 3.01. The molecule has 46 heavy (non-hydrogen) atoms. The second kappa shape index (κ2) is 15.5. The summed E-state index contributed by atoms with van der Waals surface area (Å²) in [5, 5.41) is 70.6. The Kier molecular flexibility index (Phi) is 11.5. The van der Waals surface area contributed by atoms with Gasteiger partial charge < -0.3 is 69.9 Å². The Labute approximate surface area is 261 Å². The average molecular weight is 652 g/mol. The van der Waals surface area contributed by atoms with Crippen LogP contribution in [0.1, 0.15) is 33.7 Å². The lowest BCUT2D eigenvalue weighted by Gasteiger charge is -2.39. The minimum absolute atomic E-state index is 0.00172. The second-order valence-corrected chi connectivity index (χ2v) is 9.94. The molecule has 0 fully saturated rings. The molecule has 4 rings (SSSR count). The van der Waals surface area contributed by atoms with Gasteiger partial charge in [0.15, 0.2) is 46.8 Å². The third-order valence-corrected chi connectivity index (χ3v) is 6.71. The molecule has 3 aromatic carbocycles. The van der Waals surface area contributed by atoms with Crippen LogP contribution in [0.5, 0.6) is 46.0 Å². The van der Waals surface area contributed by atoms with Gasteiger partial charge in [-0.3, -0.25) is 0 Å². The first-order valence-electron chi connectivity index (χ1n) is 14.0. The van der Waals surface area contributed by atoms with Crippen molar-refractivity contribution in [3.63, 3.8) is 0 Å². The molecule has 0 aliphatic carbocycles. The lowest BCUT2D eigenvalue weighted by Crippen LogP contribution is -2.40. The van der Waals surface area contributed by atoms with Gasteiger partial charge >= 0.3 is 5.97 Å². The molecule has 3 atom stereocenters. The molecule has 3 aromatic rings. The molecular weight excluding hydrogens is 617 g/mol. The molecule has 3 unspecified atom stereocenters. The number of benzene rings is 3. The van der Waals surface area contributed by atoms with Gasteiger partial charge in [0.1, 0.15) is 23.4 Å². The number of hydrogen-bond acceptors (Lipinski definition) is 15. The molecule has 0 amide bonds. The summed E-state index contributed by atoms with van der Waals surface area (Å²) < 4.78 is 48.0. The van der Waals surface area contributed by atoms with Crippen LogP contribution in [0.15, 0.2) is 36.4 Å². The van der Waals surface area contributed by atoms with Gasteiger partial charge in [-0.15, -0.1) is 0 Å². The van der Waals surface area contributed by atoms with E-state index in [0.717, 1.165) is 30.3 Å². The Morgan fingerprint density at radius 2 is 1.33 bits per heavy atom. The van der Waals surface area contributed by atoms with Crippen LogP contribution in [-0.4, -0.2) is 101 Å². The van der Waals surface area contributed by atoms with Crippen LogP contribution < -0.4 is 10.5 Å². The van der Waals surface area contributed by atoms with E-state index in [9.17, 15) is 44.9 Å². The Hall–Kier alpha value is -4.74. The number of esters is 1. The number of aromatic hydroxyl groups is 7. The number of halogens is 1. The standard InChI is InChI=1S/C30H34FNO14/c31-18-9-16(12-20(35)25(18)38)30(40)46-29-27(15-10-21(36)26(39)22(37)11-15)45-23-14-17(33)13-19(34)24(23)28(29)44-8-7-43-6-5-42-4-3-41-2-1-32/h9-14,27-29,33-39H,1-8,32H2. The van der Waals surface area contributed by atoms with E-state index < -0.39 is 75.9 Å². The minimum atomic E-state index is -1.56. The molecule has 250 valence electrons. The number of carbonyl (C=O) groups is 1. The quantitative estimate of drug-likeness (QED) is 0.0667. The van der Waals surface area contributed by atoms with Gasteiger partial charge in [0, 0.05) is 24.2 Å². The van der Waals surface area contributed by atoms with Crippen LogP contribution in [-0.2, 0) is 23.7 Å². The monoisotopic (exact) mass is 651 g/mol. The fourth-order valence-electron chi connectivity index (χ4n) is 4.61. The van der Waals surface area contributed by atoms with Gasteiger partial charge in [-0.25, -0.2) is 9.18 Å². The van der Waals surface area contributed by atoms with Crippen molar-refractivity contribution in [2.75, 3.05) is 52.8 Å². The zero-order valence-corrected chi connectivity index (χ0v) is 24.3. The number of phenols is 7. The molecule has 0 saturated heterocycles. The van der Waals surface area contributed by atoms with Crippen molar-refractivity contribution >= 4 is 5.97 Å². The first-order chi connectivity index (χ1) is 22.0. The van der Waals surface area contributed by atoms with Crippen molar-refractivity contribution in [1.29, 1.82) is 0 Å². The molecule has 9 N–H and O–H groups in total. The second-order valence-electron chi connectivity index (χ2n) is 9.94. The summed E-state index contributed by atoms with van der Waals surface area (Å²) in [6.45, 7) is 1.82. The van der Waals surface area contributed by atoms with Gasteiger partial charge in [0.2, 0.25) is 0 Å². The van der Waals surface area contributed by atoms with E-state index in [1.165, 1.54) is 0 Å². The number of rotatable bonds is 15. The molecule has 16 heteroatoms. The predicted molar refractivity (Wildman–Crippen MR) is 154 cm³/mol. The van der Waals surface area contributed by atoms with E-state index >= 15 is 0 Å². The number of fused-ring (bicyclic) bond motifs is 1. The molecule has 0 bridgehead atoms. The Morgan fingerprint density at radius 1 is 0.739 bits per heavy atom. The summed E-state index contributed by atoms with van der Waals surface area (Å²) >= 11 is 0. The molecule has 1 heterocycles. The van der Waals surface area contributed by atoms with Gasteiger partial charge in [0.05, 0.1) is 57.4 Å². The zero-order valence-electron chi connectivity index (χ0n) is 24.3. The number of hydrogen-bond donors (Lipinski definition) is 8. The van der Waals surface area contributed by atoms with Crippen molar-refractivity contribution in [2.45, 2.75) is 18.3 Å². The Bertz CT molecular complexity index is 1470. The normalized spacial score (nSPS) is 17.3. The van der Waals surface area contributed by atoms with Crippen LogP contribution in [0, 0.1) is 5.82 Å². The maximum absolute atomic E-state index is 14.2. The van der Waals surface area contributed by atoms with Crippen molar-refractivity contribution in [3.8, 4) is 46.0 Å². The summed E-state index contributed by atoms with van der Waals surface area (Å²) in [6, 6.07) is 5.55. The number of ether oxygens (including phenoxy) is 6. The number of nitrogens with two attached hydrogens (primary N) is 1. The Balaban J connectivity index is 1.61. The summed E-state index contributed by atoms with van der Waals surface area (Å²) in [4.78, 5) is 13.3. The Morgan fingerprint density at radius 3 is 1.93 bits per heavy atom. The van der Waals surface area contributed by atoms with Crippen LogP contribution in [0.4, 0.5) is 4.39 Å². The highest BCUT2D eigenvalue weighted by Crippen LogP contribution is 2.51. The maximum atomic E-state index is 14.2. The van der Waals surface area contributed by atoms with Crippen molar-refractivity contribution in [2.24, 2.45) is 5.73 Å². The van der Waals surface area contributed by atoms with E-state index in [2.05, 4.69) is 0 Å². The summed E-state index contributed by atoms with van der Waals surface area (Å²) in [6.07, 6.45) is -4.37. The highest BCUT2D eigenvalue weighted by atomic mass is 19.1. The van der Waals surface area contributed by atoms with E-state index in [-0.39, 0.29) is 43.3 Å². The fourth-order valence-corrected chi connectivity index (χ4v) is 4.61. The topological polar surface area (TPSA) is 240 Å². The smallest absolute Gasteiger partial charge is 0.338 e. The van der Waals surface area contributed by atoms with Crippen molar-refractivity contribution < 1.29 is 73.4 Å². The van der Waals surface area contributed by atoms with Gasteiger partial charge in [0.25, 0.3) is 0 Å². The number of carbonyl (C=O) groups excluding carboxylic acids is 1. The molecule has 0 spiro atoms. The zero-order chi connectivity index (χ0) is 33.4. The summed E-state index contributed by atoms with van der Waals surface area (Å²) in [5.41, 5.74) is 4.73. The lowest BCUT2D eigenvalue weighted by atomic mass is 9.90. The van der Waals surface area contributed by atoms with Gasteiger partial charge in [-0.1, -0.05) is 0 Å². The summed E-state index contributed by atoms with van der Waals surface area (Å²) in [5.74, 6) is -7.92. The first kappa shape index (κ1) is 34.1. The van der Waals surface area contributed by atoms with Crippen LogP contribution in [0.25, 0.3) is 0 Å². The van der Waals surface area contributed by atoms with Crippen LogP contribution in [0.3, 0.4) is 0 Å². The highest BCUT2D eigenvalue weighted by Gasteiger charge is 2.45. The van der Waals surface area contributed by atoms with Gasteiger partial charge in [-0.2, -0.15) is 0 Å². The largest absolute Gasteiger partial charge is 0.508 e. The molecule has 1 aliphatic heterocycles. The van der Waals surface area contributed by atoms with E-state index in [0.29, 0.717) is 32.4 Å². The highest BCUT2D eigenvalue weighted by molar-refractivity contribution is 5.90. The predicted octanol–water partition coefficient (Wildman–Crippen LogP) is 2.19. The molecule has 0 aromatic heterocycles. The van der Waals surface area contributed by atoms with Crippen molar-refractivity contribution in [1.82, 2.24) is 0 Å². The molecular formula is C30H34FNO14. The maximum Gasteiger partial charge on any atom is 0.338 e. The van der Waals surface area contributed by atoms with E-state index in [1.54, 1.807) is 0 Å². The summed E-state index contributed by atoms with van der Waals surface area (Å²) in [7, 11) is 0. The van der Waals surface area contributed by atoms with Crippen molar-refractivity contribution in [3.05, 3.63) is 58.9 Å². The lowest BCUT2D eigenvalue weighted by molar-refractivity contribution is -0.118. The minimum Gasteiger partial charge on any atom is -0.508 e. The molecule has 1 aliphatic rings. The van der Waals surface area contributed by atoms with Gasteiger partial charge in [-0.05, 0) is 24.3 Å². The molecule has 15 nitrogen and oxygen atoms in total. The van der Waals surface area contributed by atoms with E-state index in [4.69, 9.17) is 34.2 Å². The van der Waals surface area contributed by atoms with Crippen LogP contribution in [0.2, 0.25) is 0 Å². The first-order valence-corrected chi connectivity index (χ1v) is 14.0. The number of phenolic OH excluding ortho intramolecular Hbond substituents is 7. The third kappa shape index (κ3) is 8.09. The fraction of sp³-hybridized carbons (Fsp3) is 0.367. The third-order valence-electron chi connectivity index (χ3n) is 6.71. The van der Waals surface area contributed by atoms with E-state index in [1.807, 2.05) is 0 Å².